The Morgan fingerprint density at radius 3 is 1.23 bits per heavy atom. The molecular formula is C44H38O8. The van der Waals surface area contributed by atoms with Gasteiger partial charge in [0, 0.05) is 11.1 Å². The summed E-state index contributed by atoms with van der Waals surface area (Å²) in [6.07, 6.45) is 3.48. The molecule has 0 aliphatic carbocycles. The van der Waals surface area contributed by atoms with Crippen LogP contribution in [0.1, 0.15) is 11.1 Å². The van der Waals surface area contributed by atoms with E-state index in [1.807, 2.05) is 121 Å². The molecule has 6 rings (SSSR count). The van der Waals surface area contributed by atoms with E-state index < -0.39 is 11.9 Å². The van der Waals surface area contributed by atoms with E-state index in [2.05, 4.69) is 0 Å². The first-order valence-electron chi connectivity index (χ1n) is 16.6. The van der Waals surface area contributed by atoms with Gasteiger partial charge in [-0.2, -0.15) is 0 Å². The summed E-state index contributed by atoms with van der Waals surface area (Å²) >= 11 is 0. The number of carbonyl (C=O) groups is 2. The monoisotopic (exact) mass is 694 g/mol. The average Bonchev–Trinajstić information content (AvgIpc) is 3.20. The van der Waals surface area contributed by atoms with E-state index in [-0.39, 0.29) is 13.2 Å². The summed E-state index contributed by atoms with van der Waals surface area (Å²) in [5.74, 6) is 1.46. The van der Waals surface area contributed by atoms with Crippen molar-refractivity contribution in [2.24, 2.45) is 0 Å². The summed E-state index contributed by atoms with van der Waals surface area (Å²) < 4.78 is 33.9. The van der Waals surface area contributed by atoms with Crippen LogP contribution in [0.3, 0.4) is 0 Å². The Morgan fingerprint density at radius 2 is 0.865 bits per heavy atom. The van der Waals surface area contributed by atoms with Crippen molar-refractivity contribution < 1.29 is 38.0 Å². The third kappa shape index (κ3) is 7.92. The smallest absolute Gasteiger partial charge is 0.337 e. The normalized spacial score (nSPS) is 11.6. The summed E-state index contributed by atoms with van der Waals surface area (Å²) in [6, 6.07) is 38.5. The van der Waals surface area contributed by atoms with Crippen LogP contribution < -0.4 is 18.9 Å². The second kappa shape index (κ2) is 16.4. The number of carbonyl (C=O) groups excluding carboxylic acids is 2. The van der Waals surface area contributed by atoms with Crippen molar-refractivity contribution in [1.29, 1.82) is 0 Å². The van der Waals surface area contributed by atoms with Crippen LogP contribution in [0.4, 0.5) is 0 Å². The Labute approximate surface area is 302 Å². The van der Waals surface area contributed by atoms with E-state index in [9.17, 15) is 9.59 Å². The number of hydrogen-bond acceptors (Lipinski definition) is 8. The van der Waals surface area contributed by atoms with Gasteiger partial charge in [-0.05, 0) is 81.2 Å². The fraction of sp³-hybridized carbons (Fsp3) is 0.136. The first-order valence-corrected chi connectivity index (χ1v) is 16.6. The third-order valence-corrected chi connectivity index (χ3v) is 8.61. The van der Waals surface area contributed by atoms with E-state index in [1.165, 1.54) is 14.2 Å². The zero-order chi connectivity index (χ0) is 36.5. The third-order valence-electron chi connectivity index (χ3n) is 8.61. The highest BCUT2D eigenvalue weighted by atomic mass is 16.5. The standard InChI is InChI=1S/C44H38O8/c1-47-35-19-13-29(14-20-35)25-33(43(45)49-3)27-51-39-23-17-31-9-5-7-11-37(31)41(39)42-38-12-8-6-10-32(38)18-24-40(42)52-28-34(44(46)50-4)26-30-15-21-36(48-2)22-16-30/h5-26H,27-28H2,1-4H3/b33-25-,34-26-. The van der Waals surface area contributed by atoms with E-state index >= 15 is 0 Å². The molecule has 0 radical (unpaired) electrons. The van der Waals surface area contributed by atoms with Crippen molar-refractivity contribution >= 4 is 45.6 Å². The van der Waals surface area contributed by atoms with Gasteiger partial charge in [0.1, 0.15) is 36.2 Å². The Kier molecular flexibility index (Phi) is 11.2. The van der Waals surface area contributed by atoms with Crippen molar-refractivity contribution in [3.63, 3.8) is 0 Å². The molecule has 0 saturated heterocycles. The molecule has 0 atom stereocenters. The zero-order valence-electron chi connectivity index (χ0n) is 29.4. The molecular weight excluding hydrogens is 656 g/mol. The van der Waals surface area contributed by atoms with Gasteiger partial charge in [-0.25, -0.2) is 9.59 Å². The van der Waals surface area contributed by atoms with Gasteiger partial charge in [0.15, 0.2) is 0 Å². The predicted octanol–water partition coefficient (Wildman–Crippen LogP) is 8.95. The van der Waals surface area contributed by atoms with Crippen LogP contribution in [-0.4, -0.2) is 53.6 Å². The average molecular weight is 695 g/mol. The number of esters is 2. The van der Waals surface area contributed by atoms with E-state index in [0.717, 1.165) is 43.8 Å². The molecule has 0 aliphatic rings. The molecule has 0 amide bonds. The molecule has 8 nitrogen and oxygen atoms in total. The highest BCUT2D eigenvalue weighted by Crippen LogP contribution is 2.45. The Balaban J connectivity index is 1.44. The van der Waals surface area contributed by atoms with Crippen molar-refractivity contribution in [2.75, 3.05) is 41.7 Å². The number of methoxy groups -OCH3 is 4. The van der Waals surface area contributed by atoms with Gasteiger partial charge in [-0.15, -0.1) is 0 Å². The van der Waals surface area contributed by atoms with Crippen LogP contribution in [0.15, 0.2) is 132 Å². The molecule has 0 N–H and O–H groups in total. The molecule has 0 unspecified atom stereocenters. The summed E-state index contributed by atoms with van der Waals surface area (Å²) in [7, 11) is 5.89. The maximum atomic E-state index is 13.0. The second-order valence-electron chi connectivity index (χ2n) is 11.8. The van der Waals surface area contributed by atoms with E-state index in [1.54, 1.807) is 26.4 Å². The molecule has 0 heterocycles. The molecule has 0 saturated carbocycles. The molecule has 6 aromatic carbocycles. The van der Waals surface area contributed by atoms with Gasteiger partial charge in [0.2, 0.25) is 0 Å². The summed E-state index contributed by atoms with van der Waals surface area (Å²) in [5.41, 5.74) is 3.78. The number of fused-ring (bicyclic) bond motifs is 2. The highest BCUT2D eigenvalue weighted by Gasteiger charge is 2.22. The molecule has 0 fully saturated rings. The lowest BCUT2D eigenvalue weighted by Gasteiger charge is -2.20. The highest BCUT2D eigenvalue weighted by molar-refractivity contribution is 6.10. The molecule has 262 valence electrons. The molecule has 0 bridgehead atoms. The maximum Gasteiger partial charge on any atom is 0.337 e. The first-order chi connectivity index (χ1) is 25.4. The Bertz CT molecular complexity index is 2100. The maximum absolute atomic E-state index is 13.0. The van der Waals surface area contributed by atoms with Crippen LogP contribution >= 0.6 is 0 Å². The summed E-state index contributed by atoms with van der Waals surface area (Å²) in [6.45, 7) is -0.135. The van der Waals surface area contributed by atoms with Crippen LogP contribution in [0, 0.1) is 0 Å². The fourth-order valence-corrected chi connectivity index (χ4v) is 5.95. The number of hydrogen-bond donors (Lipinski definition) is 0. The molecule has 8 heteroatoms. The minimum Gasteiger partial charge on any atom is -0.497 e. The topological polar surface area (TPSA) is 89.5 Å². The first kappa shape index (κ1) is 35.3. The SMILES string of the molecule is COC(=O)/C(=C\c1ccc(OC)cc1)COc1ccc2ccccc2c1-c1c(OC/C(=C/c2ccc(OC)cc2)C(=O)OC)ccc2ccccc12. The van der Waals surface area contributed by atoms with Crippen LogP contribution in [0.5, 0.6) is 23.0 Å². The Hall–Kier alpha value is -6.54. The van der Waals surface area contributed by atoms with E-state index in [0.29, 0.717) is 34.1 Å². The van der Waals surface area contributed by atoms with Crippen molar-refractivity contribution in [3.05, 3.63) is 144 Å². The summed E-state index contributed by atoms with van der Waals surface area (Å²) in [5, 5.41) is 3.81. The number of rotatable bonds is 13. The lowest BCUT2D eigenvalue weighted by molar-refractivity contribution is -0.137. The number of ether oxygens (including phenoxy) is 6. The lowest BCUT2D eigenvalue weighted by atomic mass is 9.92. The largest absolute Gasteiger partial charge is 0.497 e. The van der Waals surface area contributed by atoms with Crippen molar-refractivity contribution in [2.45, 2.75) is 0 Å². The zero-order valence-corrected chi connectivity index (χ0v) is 29.4. The van der Waals surface area contributed by atoms with Gasteiger partial charge in [-0.3, -0.25) is 0 Å². The predicted molar refractivity (Wildman–Crippen MR) is 204 cm³/mol. The Morgan fingerprint density at radius 1 is 0.481 bits per heavy atom. The minimum atomic E-state index is -0.508. The molecule has 0 spiro atoms. The molecule has 6 aromatic rings. The van der Waals surface area contributed by atoms with Crippen molar-refractivity contribution in [3.8, 4) is 34.1 Å². The molecule has 0 aliphatic heterocycles. The van der Waals surface area contributed by atoms with Crippen LogP contribution in [0.25, 0.3) is 44.8 Å². The minimum absolute atomic E-state index is 0.0674. The van der Waals surface area contributed by atoms with Crippen LogP contribution in [-0.2, 0) is 19.1 Å². The van der Waals surface area contributed by atoms with Gasteiger partial charge in [0.25, 0.3) is 0 Å². The van der Waals surface area contributed by atoms with Gasteiger partial charge in [0.05, 0.1) is 39.6 Å². The summed E-state index contributed by atoms with van der Waals surface area (Å²) in [4.78, 5) is 26.0. The van der Waals surface area contributed by atoms with Gasteiger partial charge >= 0.3 is 11.9 Å². The van der Waals surface area contributed by atoms with Gasteiger partial charge in [-0.1, -0.05) is 84.9 Å². The van der Waals surface area contributed by atoms with Crippen LogP contribution in [0.2, 0.25) is 0 Å². The second-order valence-corrected chi connectivity index (χ2v) is 11.8. The van der Waals surface area contributed by atoms with Gasteiger partial charge < -0.3 is 28.4 Å². The van der Waals surface area contributed by atoms with Crippen molar-refractivity contribution in [1.82, 2.24) is 0 Å². The lowest BCUT2D eigenvalue weighted by Crippen LogP contribution is -2.14. The quantitative estimate of drug-likeness (QED) is 0.0875. The molecule has 52 heavy (non-hydrogen) atoms. The van der Waals surface area contributed by atoms with E-state index in [4.69, 9.17) is 28.4 Å². The number of benzene rings is 6. The molecule has 0 aromatic heterocycles. The fourth-order valence-electron chi connectivity index (χ4n) is 5.95.